The number of carbonyl (C=O) groups excluding carboxylic acids is 1. The topological polar surface area (TPSA) is 33.2 Å². The predicted octanol–water partition coefficient (Wildman–Crippen LogP) is 3.61. The maximum absolute atomic E-state index is 12.5. The number of anilines is 1. The van der Waals surface area contributed by atoms with Gasteiger partial charge in [-0.15, -0.1) is 0 Å². The first kappa shape index (κ1) is 13.7. The largest absolute Gasteiger partial charge is 0.312 e. The molecular weight excluding hydrogens is 304 g/mol. The van der Waals surface area contributed by atoms with E-state index in [0.29, 0.717) is 0 Å². The molecule has 1 amide bonds. The van der Waals surface area contributed by atoms with Crippen molar-refractivity contribution in [3.63, 3.8) is 0 Å². The highest BCUT2D eigenvalue weighted by atomic mass is 79.9. The van der Waals surface area contributed by atoms with Crippen LogP contribution in [0.5, 0.6) is 0 Å². The number of carbonyl (C=O) groups is 1. The maximum atomic E-state index is 12.5. The highest BCUT2D eigenvalue weighted by Crippen LogP contribution is 2.26. The van der Waals surface area contributed by atoms with E-state index in [2.05, 4.69) is 20.9 Å². The molecule has 1 unspecified atom stereocenters. The molecule has 1 heterocycles. The zero-order valence-electron chi connectivity index (χ0n) is 10.9. The van der Waals surface area contributed by atoms with Crippen molar-refractivity contribution in [2.45, 2.75) is 12.8 Å². The van der Waals surface area contributed by atoms with E-state index in [0.717, 1.165) is 15.7 Å². The van der Waals surface area contributed by atoms with E-state index >= 15 is 0 Å². The van der Waals surface area contributed by atoms with Crippen molar-refractivity contribution in [2.75, 3.05) is 11.9 Å². The lowest BCUT2D eigenvalue weighted by molar-refractivity contribution is -0.119. The van der Waals surface area contributed by atoms with Crippen molar-refractivity contribution in [3.8, 4) is 0 Å². The average molecular weight is 319 g/mol. The fraction of sp³-hybridized carbons (Fsp3) is 0.200. The Hall–Kier alpha value is -1.68. The van der Waals surface area contributed by atoms with Crippen molar-refractivity contribution in [1.82, 2.24) is 4.98 Å². The summed E-state index contributed by atoms with van der Waals surface area (Å²) < 4.78 is 0.860. The minimum atomic E-state index is -0.182. The van der Waals surface area contributed by atoms with Gasteiger partial charge in [0.15, 0.2) is 0 Å². The summed E-state index contributed by atoms with van der Waals surface area (Å²) in [5.74, 6) is -0.141. The van der Waals surface area contributed by atoms with Gasteiger partial charge in [0.05, 0.1) is 17.8 Å². The van der Waals surface area contributed by atoms with Gasteiger partial charge in [-0.05, 0) is 34.5 Å². The molecule has 0 spiro atoms. The van der Waals surface area contributed by atoms with E-state index in [-0.39, 0.29) is 11.8 Å². The summed E-state index contributed by atoms with van der Waals surface area (Å²) in [6.45, 7) is 1.92. The van der Waals surface area contributed by atoms with E-state index in [1.165, 1.54) is 0 Å². The predicted molar refractivity (Wildman–Crippen MR) is 80.2 cm³/mol. The number of halogens is 1. The number of amides is 1. The van der Waals surface area contributed by atoms with Gasteiger partial charge in [0.1, 0.15) is 0 Å². The fourth-order valence-electron chi connectivity index (χ4n) is 1.91. The lowest BCUT2D eigenvalue weighted by atomic mass is 10.00. The number of rotatable bonds is 3. The molecule has 1 aromatic carbocycles. The van der Waals surface area contributed by atoms with Crippen LogP contribution in [-0.2, 0) is 4.79 Å². The fourth-order valence-corrected chi connectivity index (χ4v) is 2.40. The van der Waals surface area contributed by atoms with E-state index < -0.39 is 0 Å². The van der Waals surface area contributed by atoms with Gasteiger partial charge in [0.2, 0.25) is 5.91 Å². The standard InChI is InChI=1S/C15H15BrN2O/c1-11(12-6-4-3-5-7-12)15(19)18(2)14-10-17-9-8-13(14)16/h3-11H,1-2H3. The SMILES string of the molecule is CC(C(=O)N(C)c1cnccc1Br)c1ccccc1. The Kier molecular flexibility index (Phi) is 4.32. The number of aromatic nitrogens is 1. The van der Waals surface area contributed by atoms with Crippen molar-refractivity contribution in [1.29, 1.82) is 0 Å². The van der Waals surface area contributed by atoms with E-state index in [4.69, 9.17) is 0 Å². The first-order chi connectivity index (χ1) is 9.11. The minimum absolute atomic E-state index is 0.0416. The second-order valence-corrected chi connectivity index (χ2v) is 5.21. The molecular formula is C15H15BrN2O. The van der Waals surface area contributed by atoms with Gasteiger partial charge in [0, 0.05) is 17.7 Å². The van der Waals surface area contributed by atoms with Crippen LogP contribution < -0.4 is 4.90 Å². The number of nitrogens with zero attached hydrogens (tertiary/aromatic N) is 2. The molecule has 0 saturated carbocycles. The first-order valence-corrected chi connectivity index (χ1v) is 6.82. The molecule has 2 aromatic rings. The summed E-state index contributed by atoms with van der Waals surface area (Å²) in [7, 11) is 1.77. The Balaban J connectivity index is 2.23. The second-order valence-electron chi connectivity index (χ2n) is 4.36. The Morgan fingerprint density at radius 3 is 2.58 bits per heavy atom. The molecule has 0 radical (unpaired) electrons. The molecule has 0 bridgehead atoms. The van der Waals surface area contributed by atoms with Gasteiger partial charge in [0.25, 0.3) is 0 Å². The van der Waals surface area contributed by atoms with Crippen LogP contribution in [0.1, 0.15) is 18.4 Å². The first-order valence-electron chi connectivity index (χ1n) is 6.03. The van der Waals surface area contributed by atoms with Crippen LogP contribution in [0.25, 0.3) is 0 Å². The normalized spacial score (nSPS) is 11.9. The van der Waals surface area contributed by atoms with Crippen LogP contribution in [0.2, 0.25) is 0 Å². The zero-order valence-corrected chi connectivity index (χ0v) is 12.5. The van der Waals surface area contributed by atoms with E-state index in [1.54, 1.807) is 24.3 Å². The highest BCUT2D eigenvalue weighted by Gasteiger charge is 2.21. The van der Waals surface area contributed by atoms with Gasteiger partial charge in [-0.1, -0.05) is 30.3 Å². The van der Waals surface area contributed by atoms with Crippen molar-refractivity contribution in [3.05, 3.63) is 58.8 Å². The molecule has 1 aromatic heterocycles. The van der Waals surface area contributed by atoms with Crippen molar-refractivity contribution in [2.24, 2.45) is 0 Å². The quantitative estimate of drug-likeness (QED) is 0.866. The number of hydrogen-bond acceptors (Lipinski definition) is 2. The number of likely N-dealkylation sites (N-methyl/N-ethyl adjacent to an activating group) is 1. The lowest BCUT2D eigenvalue weighted by Crippen LogP contribution is -2.30. The van der Waals surface area contributed by atoms with Gasteiger partial charge in [-0.3, -0.25) is 9.78 Å². The Labute approximate surface area is 121 Å². The average Bonchev–Trinajstić information content (AvgIpc) is 2.46. The third-order valence-electron chi connectivity index (χ3n) is 3.11. The summed E-state index contributed by atoms with van der Waals surface area (Å²) in [5, 5.41) is 0. The molecule has 4 heteroatoms. The van der Waals surface area contributed by atoms with Crippen molar-refractivity contribution >= 4 is 27.5 Å². The molecule has 0 saturated heterocycles. The van der Waals surface area contributed by atoms with Crippen LogP contribution in [0.3, 0.4) is 0 Å². The van der Waals surface area contributed by atoms with Crippen LogP contribution in [-0.4, -0.2) is 17.9 Å². The summed E-state index contributed by atoms with van der Waals surface area (Å²) in [4.78, 5) is 18.2. The summed E-state index contributed by atoms with van der Waals surface area (Å²) in [6.07, 6.45) is 3.37. The van der Waals surface area contributed by atoms with Crippen molar-refractivity contribution < 1.29 is 4.79 Å². The van der Waals surface area contributed by atoms with Gasteiger partial charge >= 0.3 is 0 Å². The Bertz CT molecular complexity index is 571. The van der Waals surface area contributed by atoms with Gasteiger partial charge in [-0.25, -0.2) is 0 Å². The molecule has 1 atom stereocenters. The molecule has 0 N–H and O–H groups in total. The smallest absolute Gasteiger partial charge is 0.234 e. The number of pyridine rings is 1. The van der Waals surface area contributed by atoms with Crippen LogP contribution in [0.4, 0.5) is 5.69 Å². The van der Waals surface area contributed by atoms with E-state index in [9.17, 15) is 4.79 Å². The number of benzene rings is 1. The summed E-state index contributed by atoms with van der Waals surface area (Å²) >= 11 is 3.44. The molecule has 98 valence electrons. The highest BCUT2D eigenvalue weighted by molar-refractivity contribution is 9.10. The molecule has 0 aliphatic heterocycles. The second kappa shape index (κ2) is 5.97. The molecule has 0 aliphatic rings. The van der Waals surface area contributed by atoms with Crippen LogP contribution in [0.15, 0.2) is 53.3 Å². The number of hydrogen-bond donors (Lipinski definition) is 0. The zero-order chi connectivity index (χ0) is 13.8. The van der Waals surface area contributed by atoms with Crippen LogP contribution in [0, 0.1) is 0 Å². The van der Waals surface area contributed by atoms with E-state index in [1.807, 2.05) is 43.3 Å². The summed E-state index contributed by atoms with van der Waals surface area (Å²) in [6, 6.07) is 11.6. The third-order valence-corrected chi connectivity index (χ3v) is 3.78. The Morgan fingerprint density at radius 1 is 1.26 bits per heavy atom. The minimum Gasteiger partial charge on any atom is -0.312 e. The monoisotopic (exact) mass is 318 g/mol. The van der Waals surface area contributed by atoms with Gasteiger partial charge in [-0.2, -0.15) is 0 Å². The molecule has 19 heavy (non-hydrogen) atoms. The Morgan fingerprint density at radius 2 is 1.95 bits per heavy atom. The summed E-state index contributed by atoms with van der Waals surface area (Å²) in [5.41, 5.74) is 1.79. The lowest BCUT2D eigenvalue weighted by Gasteiger charge is -2.22. The molecule has 0 fully saturated rings. The third kappa shape index (κ3) is 3.01. The molecule has 3 nitrogen and oxygen atoms in total. The van der Waals surface area contributed by atoms with Crippen LogP contribution >= 0.6 is 15.9 Å². The maximum Gasteiger partial charge on any atom is 0.234 e. The molecule has 2 rings (SSSR count). The van der Waals surface area contributed by atoms with Gasteiger partial charge < -0.3 is 4.90 Å². The molecule has 0 aliphatic carbocycles.